The van der Waals surface area contributed by atoms with Gasteiger partial charge in [0.15, 0.2) is 9.84 Å². The summed E-state index contributed by atoms with van der Waals surface area (Å²) in [5, 5.41) is 9.61. The Hall–Kier alpha value is -2.54. The molecule has 23 heavy (non-hydrogen) atoms. The molecule has 0 aliphatic rings. The van der Waals surface area contributed by atoms with Crippen molar-refractivity contribution in [1.82, 2.24) is 0 Å². The molecular weight excluding hydrogens is 326 g/mol. The number of carboxylic acids is 1. The Bertz CT molecular complexity index is 856. The van der Waals surface area contributed by atoms with E-state index in [4.69, 9.17) is 5.11 Å². The molecule has 0 heterocycles. The number of carboxylic acid groups (broad SMARTS) is 1. The quantitative estimate of drug-likeness (QED) is 0.908. The Balaban J connectivity index is 2.15. The molecule has 4 nitrogen and oxygen atoms in total. The van der Waals surface area contributed by atoms with E-state index in [0.717, 1.165) is 23.6 Å². The van der Waals surface area contributed by atoms with E-state index >= 15 is 0 Å². The van der Waals surface area contributed by atoms with Crippen LogP contribution < -0.4 is 0 Å². The second-order valence-corrected chi connectivity index (χ2v) is 6.66. The maximum Gasteiger partial charge on any atom is 0.335 e. The van der Waals surface area contributed by atoms with Gasteiger partial charge < -0.3 is 5.11 Å². The lowest BCUT2D eigenvalue weighted by Gasteiger charge is -2.02. The molecule has 0 saturated heterocycles. The van der Waals surface area contributed by atoms with Crippen molar-refractivity contribution >= 4 is 21.9 Å². The standard InChI is InChI=1S/C16H12F2O4S/c17-14-6-5-12(15(18)9-14)7-8-23(21,22)10-11-1-3-13(4-2-11)16(19)20/h1-9H,10H2,(H,19,20)/b8-7+. The van der Waals surface area contributed by atoms with Gasteiger partial charge in [-0.05, 0) is 35.9 Å². The normalized spacial score (nSPS) is 11.7. The van der Waals surface area contributed by atoms with Crippen molar-refractivity contribution < 1.29 is 27.1 Å². The highest BCUT2D eigenvalue weighted by Crippen LogP contribution is 2.14. The van der Waals surface area contributed by atoms with Gasteiger partial charge in [0.2, 0.25) is 0 Å². The van der Waals surface area contributed by atoms with Crippen LogP contribution in [0.15, 0.2) is 47.9 Å². The number of benzene rings is 2. The number of hydrogen-bond acceptors (Lipinski definition) is 3. The van der Waals surface area contributed by atoms with E-state index in [1.54, 1.807) is 0 Å². The lowest BCUT2D eigenvalue weighted by Crippen LogP contribution is -2.01. The number of aromatic carboxylic acids is 1. The molecule has 0 bridgehead atoms. The number of hydrogen-bond donors (Lipinski definition) is 1. The first-order valence-electron chi connectivity index (χ1n) is 6.45. The summed E-state index contributed by atoms with van der Waals surface area (Å²) in [5.41, 5.74) is 0.408. The van der Waals surface area contributed by atoms with Gasteiger partial charge in [0, 0.05) is 17.0 Å². The Kier molecular flexibility index (Phi) is 4.90. The Morgan fingerprint density at radius 3 is 2.30 bits per heavy atom. The molecule has 0 aliphatic carbocycles. The summed E-state index contributed by atoms with van der Waals surface area (Å²) < 4.78 is 50.1. The van der Waals surface area contributed by atoms with Crippen molar-refractivity contribution in [2.24, 2.45) is 0 Å². The molecule has 0 fully saturated rings. The molecule has 2 aromatic rings. The molecule has 0 saturated carbocycles. The molecule has 0 aromatic heterocycles. The molecule has 7 heteroatoms. The SMILES string of the molecule is O=C(O)c1ccc(CS(=O)(=O)/C=C/c2ccc(F)cc2F)cc1. The lowest BCUT2D eigenvalue weighted by atomic mass is 10.1. The Morgan fingerprint density at radius 1 is 1.09 bits per heavy atom. The van der Waals surface area contributed by atoms with E-state index in [2.05, 4.69) is 0 Å². The van der Waals surface area contributed by atoms with Crippen molar-refractivity contribution in [3.05, 3.63) is 76.2 Å². The smallest absolute Gasteiger partial charge is 0.335 e. The molecule has 120 valence electrons. The molecule has 2 rings (SSSR count). The third-order valence-electron chi connectivity index (χ3n) is 2.99. The minimum absolute atomic E-state index is 0.0452. The third kappa shape index (κ3) is 4.72. The van der Waals surface area contributed by atoms with Crippen LogP contribution in [0.4, 0.5) is 8.78 Å². The molecular formula is C16H12F2O4S. The average molecular weight is 338 g/mol. The van der Waals surface area contributed by atoms with Crippen molar-refractivity contribution in [1.29, 1.82) is 0 Å². The monoisotopic (exact) mass is 338 g/mol. The molecule has 2 aromatic carbocycles. The van der Waals surface area contributed by atoms with Crippen LogP contribution in [-0.4, -0.2) is 19.5 Å². The predicted molar refractivity (Wildman–Crippen MR) is 81.4 cm³/mol. The van der Waals surface area contributed by atoms with E-state index in [9.17, 15) is 22.0 Å². The molecule has 0 spiro atoms. The second-order valence-electron chi connectivity index (χ2n) is 4.78. The lowest BCUT2D eigenvalue weighted by molar-refractivity contribution is 0.0697. The summed E-state index contributed by atoms with van der Waals surface area (Å²) in [4.78, 5) is 10.7. The van der Waals surface area contributed by atoms with Crippen molar-refractivity contribution in [2.75, 3.05) is 0 Å². The van der Waals surface area contributed by atoms with Gasteiger partial charge in [0.25, 0.3) is 0 Å². The largest absolute Gasteiger partial charge is 0.478 e. The van der Waals surface area contributed by atoms with Crippen LogP contribution in [-0.2, 0) is 15.6 Å². The number of sulfone groups is 1. The van der Waals surface area contributed by atoms with E-state index in [1.165, 1.54) is 24.3 Å². The molecule has 0 radical (unpaired) electrons. The van der Waals surface area contributed by atoms with Gasteiger partial charge in [-0.25, -0.2) is 22.0 Å². The number of halogens is 2. The van der Waals surface area contributed by atoms with E-state index in [0.29, 0.717) is 11.6 Å². The van der Waals surface area contributed by atoms with Gasteiger partial charge >= 0.3 is 5.97 Å². The summed E-state index contributed by atoms with van der Waals surface area (Å²) in [6.45, 7) is 0. The second kappa shape index (κ2) is 6.70. The van der Waals surface area contributed by atoms with Crippen LogP contribution in [0.2, 0.25) is 0 Å². The van der Waals surface area contributed by atoms with Gasteiger partial charge in [-0.15, -0.1) is 0 Å². The Labute approximate surface area is 131 Å². The summed E-state index contributed by atoms with van der Waals surface area (Å²) in [7, 11) is -3.68. The van der Waals surface area contributed by atoms with Gasteiger partial charge in [0.05, 0.1) is 11.3 Å². The van der Waals surface area contributed by atoms with E-state index in [1.807, 2.05) is 0 Å². The number of carbonyl (C=O) groups is 1. The highest BCUT2D eigenvalue weighted by molar-refractivity contribution is 7.93. The van der Waals surface area contributed by atoms with Gasteiger partial charge in [-0.3, -0.25) is 0 Å². The van der Waals surface area contributed by atoms with Gasteiger partial charge in [0.1, 0.15) is 11.6 Å². The topological polar surface area (TPSA) is 71.4 Å². The van der Waals surface area contributed by atoms with Gasteiger partial charge in [-0.1, -0.05) is 12.1 Å². The van der Waals surface area contributed by atoms with Crippen molar-refractivity contribution in [2.45, 2.75) is 5.75 Å². The highest BCUT2D eigenvalue weighted by Gasteiger charge is 2.10. The summed E-state index contributed by atoms with van der Waals surface area (Å²) in [6.07, 6.45) is 1.05. The minimum Gasteiger partial charge on any atom is -0.478 e. The predicted octanol–water partition coefficient (Wildman–Crippen LogP) is 3.25. The first-order chi connectivity index (χ1) is 10.8. The third-order valence-corrected chi connectivity index (χ3v) is 4.27. The highest BCUT2D eigenvalue weighted by atomic mass is 32.2. The van der Waals surface area contributed by atoms with Gasteiger partial charge in [-0.2, -0.15) is 0 Å². The molecule has 0 aliphatic heterocycles. The van der Waals surface area contributed by atoms with Crippen molar-refractivity contribution in [3.63, 3.8) is 0 Å². The fourth-order valence-corrected chi connectivity index (χ4v) is 2.94. The van der Waals surface area contributed by atoms with E-state index < -0.39 is 27.4 Å². The average Bonchev–Trinajstić information content (AvgIpc) is 2.46. The molecule has 0 atom stereocenters. The fourth-order valence-electron chi connectivity index (χ4n) is 1.84. The van der Waals surface area contributed by atoms with E-state index in [-0.39, 0.29) is 16.9 Å². The van der Waals surface area contributed by atoms with Crippen LogP contribution in [0.1, 0.15) is 21.5 Å². The fraction of sp³-hybridized carbons (Fsp3) is 0.0625. The van der Waals surface area contributed by atoms with Crippen molar-refractivity contribution in [3.8, 4) is 0 Å². The zero-order valence-corrected chi connectivity index (χ0v) is 12.6. The van der Waals surface area contributed by atoms with Crippen LogP contribution >= 0.6 is 0 Å². The minimum atomic E-state index is -3.68. The summed E-state index contributed by atoms with van der Waals surface area (Å²) in [5.74, 6) is -3.07. The molecule has 0 amide bonds. The summed E-state index contributed by atoms with van der Waals surface area (Å²) >= 11 is 0. The maximum atomic E-state index is 13.4. The van der Waals surface area contributed by atoms with Crippen LogP contribution in [0, 0.1) is 11.6 Å². The van der Waals surface area contributed by atoms with Crippen LogP contribution in [0.3, 0.4) is 0 Å². The number of rotatable bonds is 5. The van der Waals surface area contributed by atoms with Crippen LogP contribution in [0.25, 0.3) is 6.08 Å². The molecule has 0 unspecified atom stereocenters. The zero-order valence-electron chi connectivity index (χ0n) is 11.7. The first-order valence-corrected chi connectivity index (χ1v) is 8.16. The maximum absolute atomic E-state index is 13.4. The first kappa shape index (κ1) is 16.8. The molecule has 1 N–H and O–H groups in total. The van der Waals surface area contributed by atoms with Crippen LogP contribution in [0.5, 0.6) is 0 Å². The summed E-state index contributed by atoms with van der Waals surface area (Å²) in [6, 6.07) is 8.23. The Morgan fingerprint density at radius 2 is 1.74 bits per heavy atom. The zero-order chi connectivity index (χ0) is 17.0.